The average Bonchev–Trinajstić information content (AvgIpc) is 2.46. The second-order valence-corrected chi connectivity index (χ2v) is 6.93. The smallest absolute Gasteiger partial charge is 0.0795 e. The Kier molecular flexibility index (Phi) is 13.5. The van der Waals surface area contributed by atoms with Crippen molar-refractivity contribution in [2.24, 2.45) is 5.73 Å². The monoisotopic (exact) mass is 299 g/mol. The van der Waals surface area contributed by atoms with Crippen molar-refractivity contribution in [2.45, 2.75) is 122 Å². The first-order valence-electron chi connectivity index (χ1n) is 9.54. The highest BCUT2D eigenvalue weighted by atomic mass is 16.3. The van der Waals surface area contributed by atoms with Crippen LogP contribution in [0.5, 0.6) is 0 Å². The number of unbranched alkanes of at least 4 members (excludes halogenated alkanes) is 10. The van der Waals surface area contributed by atoms with Crippen LogP contribution in [0.1, 0.15) is 111 Å². The highest BCUT2D eigenvalue weighted by molar-refractivity contribution is 4.86. The molecule has 0 bridgehead atoms. The Balaban J connectivity index is 3.79. The zero-order valence-corrected chi connectivity index (χ0v) is 15.0. The van der Waals surface area contributed by atoms with E-state index in [0.717, 1.165) is 25.7 Å². The topological polar surface area (TPSA) is 46.2 Å². The Morgan fingerprint density at radius 2 is 1.05 bits per heavy atom. The highest BCUT2D eigenvalue weighted by Crippen LogP contribution is 2.25. The fourth-order valence-electron chi connectivity index (χ4n) is 3.00. The number of hydrogen-bond donors (Lipinski definition) is 2. The summed E-state index contributed by atoms with van der Waals surface area (Å²) in [6, 6.07) is -0.108. The van der Waals surface area contributed by atoms with Gasteiger partial charge in [0.05, 0.1) is 5.60 Å². The van der Waals surface area contributed by atoms with Gasteiger partial charge in [0.1, 0.15) is 0 Å². The molecule has 0 aromatic carbocycles. The molecule has 0 aliphatic heterocycles. The van der Waals surface area contributed by atoms with Gasteiger partial charge in [-0.05, 0) is 19.8 Å². The van der Waals surface area contributed by atoms with Crippen molar-refractivity contribution in [1.82, 2.24) is 0 Å². The van der Waals surface area contributed by atoms with E-state index in [2.05, 4.69) is 13.8 Å². The maximum absolute atomic E-state index is 10.8. The van der Waals surface area contributed by atoms with Crippen LogP contribution in [0.25, 0.3) is 0 Å². The van der Waals surface area contributed by atoms with Gasteiger partial charge in [-0.1, -0.05) is 90.9 Å². The lowest BCUT2D eigenvalue weighted by atomic mass is 9.84. The van der Waals surface area contributed by atoms with Crippen LogP contribution in [0.15, 0.2) is 0 Å². The summed E-state index contributed by atoms with van der Waals surface area (Å²) in [6.07, 6.45) is 17.0. The van der Waals surface area contributed by atoms with Crippen LogP contribution in [0, 0.1) is 0 Å². The van der Waals surface area contributed by atoms with E-state index in [-0.39, 0.29) is 6.04 Å². The van der Waals surface area contributed by atoms with Gasteiger partial charge in [0, 0.05) is 6.04 Å². The minimum Gasteiger partial charge on any atom is -0.388 e. The van der Waals surface area contributed by atoms with Gasteiger partial charge in [-0.3, -0.25) is 0 Å². The Labute approximate surface area is 133 Å². The molecule has 0 rings (SSSR count). The van der Waals surface area contributed by atoms with Gasteiger partial charge in [0.2, 0.25) is 0 Å². The second kappa shape index (κ2) is 13.6. The molecule has 1 unspecified atom stereocenters. The molecule has 0 radical (unpaired) electrons. The lowest BCUT2D eigenvalue weighted by Crippen LogP contribution is -2.46. The van der Waals surface area contributed by atoms with Gasteiger partial charge in [-0.2, -0.15) is 0 Å². The molecule has 0 aromatic rings. The average molecular weight is 300 g/mol. The Bertz CT molecular complexity index is 200. The third-order valence-electron chi connectivity index (χ3n) is 4.77. The van der Waals surface area contributed by atoms with E-state index in [9.17, 15) is 5.11 Å². The second-order valence-electron chi connectivity index (χ2n) is 6.93. The number of rotatable bonds is 15. The molecule has 0 aromatic heterocycles. The molecule has 0 saturated carbocycles. The Hall–Kier alpha value is -0.0800. The van der Waals surface area contributed by atoms with Crippen LogP contribution in [0.2, 0.25) is 0 Å². The molecule has 128 valence electrons. The SMILES string of the molecule is CCCCCCCCC(O)(CCCCCCCC)C(C)N. The summed E-state index contributed by atoms with van der Waals surface area (Å²) in [7, 11) is 0. The van der Waals surface area contributed by atoms with Crippen molar-refractivity contribution in [3.8, 4) is 0 Å². The highest BCUT2D eigenvalue weighted by Gasteiger charge is 2.29. The van der Waals surface area contributed by atoms with E-state index in [4.69, 9.17) is 5.73 Å². The van der Waals surface area contributed by atoms with Crippen LogP contribution in [0.3, 0.4) is 0 Å². The summed E-state index contributed by atoms with van der Waals surface area (Å²) in [6.45, 7) is 6.46. The summed E-state index contributed by atoms with van der Waals surface area (Å²) in [5.41, 5.74) is 5.42. The fourth-order valence-corrected chi connectivity index (χ4v) is 3.00. The fraction of sp³-hybridized carbons (Fsp3) is 1.00. The molecular formula is C19H41NO. The predicted octanol–water partition coefficient (Wildman–Crippen LogP) is 5.57. The maximum atomic E-state index is 10.8. The minimum absolute atomic E-state index is 0.108. The zero-order chi connectivity index (χ0) is 16.0. The lowest BCUT2D eigenvalue weighted by molar-refractivity contribution is -0.00175. The molecule has 2 nitrogen and oxygen atoms in total. The predicted molar refractivity (Wildman–Crippen MR) is 94.6 cm³/mol. The van der Waals surface area contributed by atoms with Crippen molar-refractivity contribution in [3.05, 3.63) is 0 Å². The summed E-state index contributed by atoms with van der Waals surface area (Å²) in [5, 5.41) is 10.8. The third kappa shape index (κ3) is 11.2. The third-order valence-corrected chi connectivity index (χ3v) is 4.77. The molecule has 0 aliphatic rings. The van der Waals surface area contributed by atoms with Gasteiger partial charge in [0.15, 0.2) is 0 Å². The minimum atomic E-state index is -0.629. The van der Waals surface area contributed by atoms with Crippen molar-refractivity contribution < 1.29 is 5.11 Å². The van der Waals surface area contributed by atoms with E-state index in [0.29, 0.717) is 0 Å². The molecule has 1 atom stereocenters. The van der Waals surface area contributed by atoms with Gasteiger partial charge in [-0.15, -0.1) is 0 Å². The lowest BCUT2D eigenvalue weighted by Gasteiger charge is -2.32. The Morgan fingerprint density at radius 1 is 0.714 bits per heavy atom. The zero-order valence-electron chi connectivity index (χ0n) is 15.0. The van der Waals surface area contributed by atoms with Crippen molar-refractivity contribution in [1.29, 1.82) is 0 Å². The van der Waals surface area contributed by atoms with E-state index in [1.165, 1.54) is 64.2 Å². The molecule has 0 amide bonds. The standard InChI is InChI=1S/C19H41NO/c1-4-6-8-10-12-14-16-19(21,18(3)20)17-15-13-11-9-7-5-2/h18,21H,4-17,20H2,1-3H3. The molecule has 2 heteroatoms. The van der Waals surface area contributed by atoms with Gasteiger partial charge in [-0.25, -0.2) is 0 Å². The summed E-state index contributed by atoms with van der Waals surface area (Å²) >= 11 is 0. The van der Waals surface area contributed by atoms with Crippen LogP contribution in [-0.4, -0.2) is 16.7 Å². The molecule has 0 aliphatic carbocycles. The molecule has 21 heavy (non-hydrogen) atoms. The molecule has 0 heterocycles. The quantitative estimate of drug-likeness (QED) is 0.388. The van der Waals surface area contributed by atoms with E-state index in [1.807, 2.05) is 6.92 Å². The van der Waals surface area contributed by atoms with Crippen molar-refractivity contribution >= 4 is 0 Å². The summed E-state index contributed by atoms with van der Waals surface area (Å²) in [4.78, 5) is 0. The summed E-state index contributed by atoms with van der Waals surface area (Å²) in [5.74, 6) is 0. The molecule has 3 N–H and O–H groups in total. The Morgan fingerprint density at radius 3 is 1.38 bits per heavy atom. The van der Waals surface area contributed by atoms with Crippen LogP contribution in [-0.2, 0) is 0 Å². The molecular weight excluding hydrogens is 258 g/mol. The van der Waals surface area contributed by atoms with E-state index in [1.54, 1.807) is 0 Å². The van der Waals surface area contributed by atoms with Gasteiger partial charge >= 0.3 is 0 Å². The first-order chi connectivity index (χ1) is 10.1. The summed E-state index contributed by atoms with van der Waals surface area (Å²) < 4.78 is 0. The number of nitrogens with two attached hydrogens (primary N) is 1. The van der Waals surface area contributed by atoms with Gasteiger partial charge < -0.3 is 10.8 Å². The van der Waals surface area contributed by atoms with Crippen LogP contribution >= 0.6 is 0 Å². The molecule has 0 spiro atoms. The molecule has 0 fully saturated rings. The normalized spacial score (nSPS) is 13.6. The number of aliphatic hydroxyl groups is 1. The van der Waals surface area contributed by atoms with Gasteiger partial charge in [0.25, 0.3) is 0 Å². The largest absolute Gasteiger partial charge is 0.388 e. The van der Waals surface area contributed by atoms with Crippen LogP contribution < -0.4 is 5.73 Å². The van der Waals surface area contributed by atoms with Crippen molar-refractivity contribution in [2.75, 3.05) is 0 Å². The van der Waals surface area contributed by atoms with E-state index >= 15 is 0 Å². The number of hydrogen-bond acceptors (Lipinski definition) is 2. The first kappa shape index (κ1) is 20.9. The van der Waals surface area contributed by atoms with Crippen molar-refractivity contribution in [3.63, 3.8) is 0 Å². The molecule has 0 saturated heterocycles. The van der Waals surface area contributed by atoms with E-state index < -0.39 is 5.60 Å². The maximum Gasteiger partial charge on any atom is 0.0795 e. The first-order valence-corrected chi connectivity index (χ1v) is 9.54. The van der Waals surface area contributed by atoms with Crippen LogP contribution in [0.4, 0.5) is 0 Å².